The summed E-state index contributed by atoms with van der Waals surface area (Å²) < 4.78 is 0. The smallest absolute Gasteiger partial charge is 0.326 e. The molecule has 6 N–H and O–H groups in total. The van der Waals surface area contributed by atoms with E-state index in [1.165, 1.54) is 9.80 Å². The Morgan fingerprint density at radius 1 is 0.889 bits per heavy atom. The van der Waals surface area contributed by atoms with Crippen LogP contribution in [0.4, 0.5) is 0 Å². The number of rotatable bonds is 14. The van der Waals surface area contributed by atoms with Crippen LogP contribution in [-0.4, -0.2) is 100 Å². The molecule has 1 aromatic carbocycles. The molecule has 2 saturated heterocycles. The number of hydrogen-bond acceptors (Lipinski definition) is 7. The zero-order valence-electron chi connectivity index (χ0n) is 26.7. The van der Waals surface area contributed by atoms with Gasteiger partial charge in [-0.1, -0.05) is 58.0 Å². The van der Waals surface area contributed by atoms with Gasteiger partial charge in [0.05, 0.1) is 12.6 Å². The van der Waals surface area contributed by atoms with Crippen molar-refractivity contribution in [1.82, 2.24) is 25.8 Å². The summed E-state index contributed by atoms with van der Waals surface area (Å²) in [6.07, 6.45) is 2.54. The summed E-state index contributed by atoms with van der Waals surface area (Å²) >= 11 is 0. The molecule has 2 fully saturated rings. The van der Waals surface area contributed by atoms with Crippen LogP contribution in [0.5, 0.6) is 0 Å². The minimum Gasteiger partial charge on any atom is -0.480 e. The second-order valence-electron chi connectivity index (χ2n) is 12.7. The maximum atomic E-state index is 13.6. The van der Waals surface area contributed by atoms with Crippen molar-refractivity contribution in [2.24, 2.45) is 17.6 Å². The fourth-order valence-corrected chi connectivity index (χ4v) is 5.82. The number of hydrogen-bond donors (Lipinski definition) is 5. The highest BCUT2D eigenvalue weighted by Gasteiger charge is 2.43. The molecule has 5 atom stereocenters. The third kappa shape index (κ3) is 9.74. The third-order valence-electron chi connectivity index (χ3n) is 8.34. The van der Waals surface area contributed by atoms with Crippen LogP contribution in [-0.2, 0) is 35.2 Å². The van der Waals surface area contributed by atoms with E-state index < -0.39 is 60.4 Å². The molecule has 0 spiro atoms. The third-order valence-corrected chi connectivity index (χ3v) is 8.34. The number of aliphatic carboxylic acids is 1. The van der Waals surface area contributed by atoms with Gasteiger partial charge in [0.25, 0.3) is 0 Å². The van der Waals surface area contributed by atoms with Crippen LogP contribution >= 0.6 is 0 Å². The lowest BCUT2D eigenvalue weighted by molar-refractivity contribution is -0.147. The van der Waals surface area contributed by atoms with Gasteiger partial charge >= 0.3 is 5.97 Å². The van der Waals surface area contributed by atoms with E-state index in [-0.39, 0.29) is 36.5 Å². The number of carboxylic acid groups (broad SMARTS) is 1. The number of amides is 5. The first-order valence-corrected chi connectivity index (χ1v) is 15.8. The molecule has 248 valence electrons. The second-order valence-corrected chi connectivity index (χ2v) is 12.7. The first-order valence-electron chi connectivity index (χ1n) is 15.8. The van der Waals surface area contributed by atoms with Gasteiger partial charge in [0, 0.05) is 19.5 Å². The van der Waals surface area contributed by atoms with Gasteiger partial charge in [-0.05, 0) is 49.5 Å². The van der Waals surface area contributed by atoms with Crippen molar-refractivity contribution in [3.05, 3.63) is 35.9 Å². The quantitative estimate of drug-likeness (QED) is 0.196. The van der Waals surface area contributed by atoms with Gasteiger partial charge in [-0.3, -0.25) is 24.0 Å². The average Bonchev–Trinajstić information content (AvgIpc) is 3.69. The molecular weight excluding hydrogens is 580 g/mol. The molecular formula is C32H48N6O7. The van der Waals surface area contributed by atoms with Gasteiger partial charge in [0.2, 0.25) is 29.5 Å². The Balaban J connectivity index is 1.61. The Morgan fingerprint density at radius 2 is 1.51 bits per heavy atom. The van der Waals surface area contributed by atoms with Gasteiger partial charge in [-0.15, -0.1) is 0 Å². The number of carboxylic acids is 1. The van der Waals surface area contributed by atoms with E-state index in [1.54, 1.807) is 30.3 Å². The Bertz CT molecular complexity index is 1220. The number of likely N-dealkylation sites (tertiary alicyclic amines) is 2. The number of carbonyl (C=O) groups excluding carboxylic acids is 5. The van der Waals surface area contributed by atoms with E-state index in [0.29, 0.717) is 38.8 Å². The normalized spacial score (nSPS) is 20.1. The monoisotopic (exact) mass is 628 g/mol. The minimum absolute atomic E-state index is 0.0154. The molecule has 0 radical (unpaired) electrons. The number of nitrogens with one attached hydrogen (secondary N) is 3. The van der Waals surface area contributed by atoms with E-state index in [9.17, 15) is 33.9 Å². The number of carbonyl (C=O) groups is 6. The maximum Gasteiger partial charge on any atom is 0.326 e. The Labute approximate surface area is 264 Å². The van der Waals surface area contributed by atoms with Crippen LogP contribution in [0, 0.1) is 11.8 Å². The van der Waals surface area contributed by atoms with Gasteiger partial charge in [-0.25, -0.2) is 4.79 Å². The molecule has 45 heavy (non-hydrogen) atoms. The zero-order valence-corrected chi connectivity index (χ0v) is 26.7. The van der Waals surface area contributed by atoms with E-state index in [0.717, 1.165) is 5.56 Å². The highest BCUT2D eigenvalue weighted by Crippen LogP contribution is 2.26. The Morgan fingerprint density at radius 3 is 2.11 bits per heavy atom. The maximum absolute atomic E-state index is 13.6. The van der Waals surface area contributed by atoms with Crippen molar-refractivity contribution in [3.8, 4) is 0 Å². The van der Waals surface area contributed by atoms with Gasteiger partial charge in [0.15, 0.2) is 0 Å². The molecule has 2 heterocycles. The van der Waals surface area contributed by atoms with Crippen molar-refractivity contribution in [2.45, 2.75) is 96.4 Å². The molecule has 5 amide bonds. The molecule has 0 aromatic heterocycles. The molecule has 0 saturated carbocycles. The molecule has 1 aromatic rings. The van der Waals surface area contributed by atoms with Crippen molar-refractivity contribution in [2.75, 3.05) is 19.6 Å². The van der Waals surface area contributed by atoms with Crippen LogP contribution in [0.1, 0.15) is 65.4 Å². The predicted octanol–water partition coefficient (Wildman–Crippen LogP) is 0.411. The van der Waals surface area contributed by atoms with Crippen LogP contribution in [0.3, 0.4) is 0 Å². The highest BCUT2D eigenvalue weighted by atomic mass is 16.4. The summed E-state index contributed by atoms with van der Waals surface area (Å²) in [6, 6.07) is 4.51. The fraction of sp³-hybridized carbons (Fsp3) is 0.625. The molecule has 0 aliphatic carbocycles. The van der Waals surface area contributed by atoms with Crippen LogP contribution in [0.15, 0.2) is 30.3 Å². The van der Waals surface area contributed by atoms with Crippen molar-refractivity contribution < 1.29 is 33.9 Å². The Kier molecular flexibility index (Phi) is 12.9. The summed E-state index contributed by atoms with van der Waals surface area (Å²) in [4.78, 5) is 80.6. The van der Waals surface area contributed by atoms with Gasteiger partial charge in [-0.2, -0.15) is 0 Å². The molecule has 3 rings (SSSR count). The van der Waals surface area contributed by atoms with E-state index >= 15 is 0 Å². The van der Waals surface area contributed by atoms with Crippen LogP contribution < -0.4 is 21.7 Å². The van der Waals surface area contributed by atoms with Gasteiger partial charge in [0.1, 0.15) is 24.2 Å². The van der Waals surface area contributed by atoms with Crippen molar-refractivity contribution >= 4 is 35.5 Å². The summed E-state index contributed by atoms with van der Waals surface area (Å²) in [6.45, 7) is 7.80. The van der Waals surface area contributed by atoms with Crippen LogP contribution in [0.2, 0.25) is 0 Å². The first kappa shape index (κ1) is 35.5. The number of benzene rings is 1. The summed E-state index contributed by atoms with van der Waals surface area (Å²) in [5, 5.41) is 17.3. The van der Waals surface area contributed by atoms with E-state index in [2.05, 4.69) is 16.0 Å². The second kappa shape index (κ2) is 16.4. The van der Waals surface area contributed by atoms with Gasteiger partial charge < -0.3 is 36.6 Å². The molecule has 2 aliphatic heterocycles. The summed E-state index contributed by atoms with van der Waals surface area (Å²) in [7, 11) is 0. The molecule has 13 heteroatoms. The fourth-order valence-electron chi connectivity index (χ4n) is 5.82. The molecule has 13 nitrogen and oxygen atoms in total. The first-order chi connectivity index (χ1) is 21.3. The standard InChI is InChI=1S/C32H48N6O7/c1-19(2)16-22(28(40)34-18-26(39)35-23(32(44)45)17-21-10-6-5-7-11-21)36-29(41)24-12-8-14-37(24)30(42)25-13-9-15-38(25)31(43)27(33)20(3)4/h5-7,10-11,19-20,22-25,27H,8-9,12-18,33H2,1-4H3,(H,34,40)(H,35,39)(H,36,41)(H,44,45)/t22-,23-,24-,25-,27-/m0/s1. The van der Waals surface area contributed by atoms with E-state index in [1.807, 2.05) is 27.7 Å². The predicted molar refractivity (Wildman–Crippen MR) is 166 cm³/mol. The van der Waals surface area contributed by atoms with Crippen molar-refractivity contribution in [3.63, 3.8) is 0 Å². The number of nitrogens with zero attached hydrogens (tertiary/aromatic N) is 2. The highest BCUT2D eigenvalue weighted by molar-refractivity contribution is 5.96. The lowest BCUT2D eigenvalue weighted by atomic mass is 10.0. The minimum atomic E-state index is -1.20. The zero-order chi connectivity index (χ0) is 33.3. The molecule has 2 aliphatic rings. The van der Waals surface area contributed by atoms with Crippen LogP contribution in [0.25, 0.3) is 0 Å². The molecule has 0 unspecified atom stereocenters. The summed E-state index contributed by atoms with van der Waals surface area (Å²) in [5.74, 6) is -3.58. The van der Waals surface area contributed by atoms with E-state index in [4.69, 9.17) is 5.73 Å². The number of nitrogens with two attached hydrogens (primary N) is 1. The lowest BCUT2D eigenvalue weighted by Crippen LogP contribution is -2.57. The molecule has 0 bridgehead atoms. The van der Waals surface area contributed by atoms with Crippen molar-refractivity contribution in [1.29, 1.82) is 0 Å². The lowest BCUT2D eigenvalue weighted by Gasteiger charge is -2.33. The SMILES string of the molecule is CC(C)C[C@H](NC(=O)[C@@H]1CCCN1C(=O)[C@@H]1CCCN1C(=O)[C@@H](N)C(C)C)C(=O)NCC(=O)N[C@@H](Cc1ccccc1)C(=O)O. The Hall–Kier alpha value is -4.00. The topological polar surface area (TPSA) is 191 Å². The average molecular weight is 629 g/mol. The summed E-state index contributed by atoms with van der Waals surface area (Å²) in [5.41, 5.74) is 6.83. The largest absolute Gasteiger partial charge is 0.480 e.